The predicted octanol–water partition coefficient (Wildman–Crippen LogP) is 3.37. The normalized spacial score (nSPS) is 9.96. The Labute approximate surface area is 144 Å². The third kappa shape index (κ3) is 5.90. The molecule has 1 amide bonds. The van der Waals surface area contributed by atoms with E-state index in [2.05, 4.69) is 10.5 Å². The molecule has 0 radical (unpaired) electrons. The van der Waals surface area contributed by atoms with E-state index in [1.165, 1.54) is 6.21 Å². The van der Waals surface area contributed by atoms with E-state index in [0.717, 1.165) is 7.11 Å². The van der Waals surface area contributed by atoms with Gasteiger partial charge in [0.1, 0.15) is 5.75 Å². The highest BCUT2D eigenvalue weighted by atomic mass is 35.5. The molecule has 0 heterocycles. The van der Waals surface area contributed by atoms with Gasteiger partial charge in [0.2, 0.25) is 0 Å². The van der Waals surface area contributed by atoms with E-state index in [1.54, 1.807) is 49.6 Å². The monoisotopic (exact) mass is 354 g/mol. The van der Waals surface area contributed by atoms with E-state index in [1.807, 2.05) is 0 Å². The summed E-state index contributed by atoms with van der Waals surface area (Å²) in [7, 11) is 2.56. The molecule has 2 aromatic rings. The first-order chi connectivity index (χ1) is 11.1. The molecule has 0 saturated carbocycles. The number of halogens is 2. The van der Waals surface area contributed by atoms with Crippen molar-refractivity contribution in [3.63, 3.8) is 0 Å². The van der Waals surface area contributed by atoms with E-state index in [-0.39, 0.29) is 5.91 Å². The fraction of sp³-hybridized carbons (Fsp3) is 0.125. The van der Waals surface area contributed by atoms with Crippen molar-refractivity contribution in [2.45, 2.75) is 0 Å². The van der Waals surface area contributed by atoms with Gasteiger partial charge in [0.25, 0.3) is 5.91 Å². The van der Waals surface area contributed by atoms with Crippen molar-refractivity contribution < 1.29 is 14.6 Å². The Morgan fingerprint density at radius 2 is 1.83 bits per heavy atom. The van der Waals surface area contributed by atoms with E-state index in [4.69, 9.17) is 33.0 Å². The van der Waals surface area contributed by atoms with Gasteiger partial charge in [-0.15, -0.1) is 0 Å². The summed E-state index contributed by atoms with van der Waals surface area (Å²) in [6, 6.07) is 11.7. The van der Waals surface area contributed by atoms with Crippen LogP contribution < -0.4 is 10.2 Å². The summed E-state index contributed by atoms with van der Waals surface area (Å²) in [4.78, 5) is 11.9. The molecule has 0 spiro atoms. The molecular weight excluding hydrogens is 339 g/mol. The van der Waals surface area contributed by atoms with E-state index < -0.39 is 0 Å². The highest BCUT2D eigenvalue weighted by Gasteiger charge is 2.04. The van der Waals surface area contributed by atoms with Crippen LogP contribution in [0.1, 0.15) is 15.9 Å². The van der Waals surface area contributed by atoms with Crippen LogP contribution >= 0.6 is 23.2 Å². The van der Waals surface area contributed by atoms with Crippen molar-refractivity contribution in [3.05, 3.63) is 63.6 Å². The van der Waals surface area contributed by atoms with Crippen LogP contribution in [-0.2, 0) is 0 Å². The molecule has 0 saturated heterocycles. The molecule has 0 aromatic heterocycles. The summed E-state index contributed by atoms with van der Waals surface area (Å²) in [6.07, 6.45) is 1.46. The number of nitrogens with one attached hydrogen (secondary N) is 1. The van der Waals surface area contributed by atoms with Crippen LogP contribution in [0, 0.1) is 0 Å². The number of hydrogen-bond acceptors (Lipinski definition) is 4. The molecule has 23 heavy (non-hydrogen) atoms. The molecule has 0 aliphatic rings. The van der Waals surface area contributed by atoms with Crippen LogP contribution in [0.2, 0.25) is 10.0 Å². The number of methoxy groups -OCH3 is 1. The quantitative estimate of drug-likeness (QED) is 0.653. The summed E-state index contributed by atoms with van der Waals surface area (Å²) in [5.74, 6) is 0.363. The molecule has 0 atom stereocenters. The number of hydrogen-bond donors (Lipinski definition) is 2. The second kappa shape index (κ2) is 9.84. The lowest BCUT2D eigenvalue weighted by atomic mass is 10.2. The van der Waals surface area contributed by atoms with Crippen LogP contribution in [0.15, 0.2) is 47.6 Å². The molecular formula is C16H16Cl2N2O3. The highest BCUT2D eigenvalue weighted by molar-refractivity contribution is 6.36. The van der Waals surface area contributed by atoms with Gasteiger partial charge >= 0.3 is 0 Å². The van der Waals surface area contributed by atoms with Crippen molar-refractivity contribution in [2.24, 2.45) is 5.10 Å². The van der Waals surface area contributed by atoms with Gasteiger partial charge in [0, 0.05) is 23.3 Å². The zero-order chi connectivity index (χ0) is 17.2. The zero-order valence-corrected chi connectivity index (χ0v) is 14.1. The first kappa shape index (κ1) is 19.0. The van der Waals surface area contributed by atoms with Gasteiger partial charge in [0.15, 0.2) is 0 Å². The number of benzene rings is 2. The number of hydrazone groups is 1. The van der Waals surface area contributed by atoms with E-state index in [9.17, 15) is 4.79 Å². The summed E-state index contributed by atoms with van der Waals surface area (Å²) < 4.78 is 5.02. The molecule has 122 valence electrons. The number of carbonyl (C=O) groups excluding carboxylic acids is 1. The average molecular weight is 355 g/mol. The minimum atomic E-state index is -0.320. The standard InChI is InChI=1S/C15H12Cl2N2O2.CH4O/c1-21-13-6-3-10(4-7-13)15(20)19-18-9-11-2-5-12(16)8-14(11)17;1-2/h2-9H,1H3,(H,19,20);2H,1H3/b18-9+;. The van der Waals surface area contributed by atoms with Gasteiger partial charge in [-0.1, -0.05) is 29.3 Å². The lowest BCUT2D eigenvalue weighted by Gasteiger charge is -2.02. The Kier molecular flexibility index (Phi) is 8.11. The van der Waals surface area contributed by atoms with Gasteiger partial charge in [0.05, 0.1) is 18.3 Å². The number of aliphatic hydroxyl groups is 1. The fourth-order valence-corrected chi connectivity index (χ4v) is 2.03. The Bertz CT molecular complexity index is 674. The van der Waals surface area contributed by atoms with E-state index in [0.29, 0.717) is 26.9 Å². The highest BCUT2D eigenvalue weighted by Crippen LogP contribution is 2.19. The van der Waals surface area contributed by atoms with Gasteiger partial charge < -0.3 is 9.84 Å². The van der Waals surface area contributed by atoms with Gasteiger partial charge in [-0.2, -0.15) is 5.10 Å². The molecule has 0 aliphatic carbocycles. The third-order valence-electron chi connectivity index (χ3n) is 2.68. The molecule has 2 N–H and O–H groups in total. The van der Waals surface area contributed by atoms with Crippen LogP contribution in [0.5, 0.6) is 5.75 Å². The largest absolute Gasteiger partial charge is 0.497 e. The van der Waals surface area contributed by atoms with Gasteiger partial charge in [-0.05, 0) is 36.4 Å². The second-order valence-corrected chi connectivity index (χ2v) is 4.94. The van der Waals surface area contributed by atoms with Gasteiger partial charge in [-0.3, -0.25) is 4.79 Å². The molecule has 0 unspecified atom stereocenters. The summed E-state index contributed by atoms with van der Waals surface area (Å²) >= 11 is 11.8. The Morgan fingerprint density at radius 3 is 2.39 bits per heavy atom. The number of nitrogens with zero attached hydrogens (tertiary/aromatic N) is 1. The molecule has 7 heteroatoms. The Morgan fingerprint density at radius 1 is 1.17 bits per heavy atom. The molecule has 5 nitrogen and oxygen atoms in total. The smallest absolute Gasteiger partial charge is 0.271 e. The van der Waals surface area contributed by atoms with E-state index >= 15 is 0 Å². The van der Waals surface area contributed by atoms with Crippen molar-refractivity contribution in [2.75, 3.05) is 14.2 Å². The molecule has 0 fully saturated rings. The van der Waals surface area contributed by atoms with Crippen molar-refractivity contribution in [1.29, 1.82) is 0 Å². The number of ether oxygens (including phenoxy) is 1. The van der Waals surface area contributed by atoms with Crippen molar-refractivity contribution >= 4 is 35.3 Å². The van der Waals surface area contributed by atoms with Crippen molar-refractivity contribution in [1.82, 2.24) is 5.43 Å². The van der Waals surface area contributed by atoms with Gasteiger partial charge in [-0.25, -0.2) is 5.43 Å². The van der Waals surface area contributed by atoms with Crippen LogP contribution in [0.25, 0.3) is 0 Å². The van der Waals surface area contributed by atoms with Crippen LogP contribution in [0.4, 0.5) is 0 Å². The fourth-order valence-electron chi connectivity index (χ4n) is 1.57. The summed E-state index contributed by atoms with van der Waals surface area (Å²) in [5.41, 5.74) is 3.57. The zero-order valence-electron chi connectivity index (χ0n) is 12.6. The maximum Gasteiger partial charge on any atom is 0.271 e. The maximum atomic E-state index is 11.9. The lowest BCUT2D eigenvalue weighted by molar-refractivity contribution is 0.0955. The average Bonchev–Trinajstić information content (AvgIpc) is 2.58. The number of rotatable bonds is 4. The van der Waals surface area contributed by atoms with Crippen molar-refractivity contribution in [3.8, 4) is 5.75 Å². The first-order valence-electron chi connectivity index (χ1n) is 6.47. The number of amides is 1. The first-order valence-corrected chi connectivity index (χ1v) is 7.23. The lowest BCUT2D eigenvalue weighted by Crippen LogP contribution is -2.17. The van der Waals surface area contributed by atoms with Crippen LogP contribution in [-0.4, -0.2) is 31.4 Å². The predicted molar refractivity (Wildman–Crippen MR) is 92.7 cm³/mol. The molecule has 2 aromatic carbocycles. The second-order valence-electron chi connectivity index (χ2n) is 4.09. The van der Waals surface area contributed by atoms with Crippen LogP contribution in [0.3, 0.4) is 0 Å². The topological polar surface area (TPSA) is 70.9 Å². The molecule has 2 rings (SSSR count). The summed E-state index contributed by atoms with van der Waals surface area (Å²) in [6.45, 7) is 0. The number of aliphatic hydroxyl groups excluding tert-OH is 1. The molecule has 0 bridgehead atoms. The third-order valence-corrected chi connectivity index (χ3v) is 3.25. The summed E-state index contributed by atoms with van der Waals surface area (Å²) in [5, 5.41) is 11.9. The minimum Gasteiger partial charge on any atom is -0.497 e. The Balaban J connectivity index is 0.00000127. The number of carbonyl (C=O) groups is 1. The SMILES string of the molecule is CO.COc1ccc(C(=O)N/N=C/c2ccc(Cl)cc2Cl)cc1. The minimum absolute atomic E-state index is 0.320. The molecule has 0 aliphatic heterocycles. The Hall–Kier alpha value is -2.08. The maximum absolute atomic E-state index is 11.9.